The minimum Gasteiger partial charge on any atom is -0.324 e. The van der Waals surface area contributed by atoms with Gasteiger partial charge in [0.2, 0.25) is 5.91 Å². The third-order valence-electron chi connectivity index (χ3n) is 6.59. The first-order valence-electron chi connectivity index (χ1n) is 12.8. The van der Waals surface area contributed by atoms with Gasteiger partial charge in [-0.05, 0) is 48.9 Å². The molecule has 0 fully saturated rings. The van der Waals surface area contributed by atoms with Gasteiger partial charge >= 0.3 is 0 Å². The molecule has 1 aliphatic rings. The van der Waals surface area contributed by atoms with Gasteiger partial charge in [0.1, 0.15) is 0 Å². The average Bonchev–Trinajstić information content (AvgIpc) is 2.93. The first-order chi connectivity index (χ1) is 18.5. The van der Waals surface area contributed by atoms with Gasteiger partial charge in [-0.1, -0.05) is 37.6 Å². The number of pyridine rings is 2. The highest BCUT2D eigenvalue weighted by Crippen LogP contribution is 2.34. The standard InChI is InChI=1S/C30H29N5O3/c1-2-3-17-35-29(37)24-12-8-11-23-26(14-13-25(28(23)24)30(35)38)33-27(36)20-34(18-21-9-4-6-15-31-21)19-22-10-5-7-16-32-22/h4-16H,2-3,17-20H2,1H3,(H,33,36). The summed E-state index contributed by atoms with van der Waals surface area (Å²) in [5.74, 6) is -0.792. The number of hydrogen-bond donors (Lipinski definition) is 1. The summed E-state index contributed by atoms with van der Waals surface area (Å²) in [7, 11) is 0. The van der Waals surface area contributed by atoms with Gasteiger partial charge in [0, 0.05) is 59.6 Å². The summed E-state index contributed by atoms with van der Waals surface area (Å²) in [6, 6.07) is 20.2. The highest BCUT2D eigenvalue weighted by Gasteiger charge is 2.33. The van der Waals surface area contributed by atoms with E-state index in [1.165, 1.54) is 4.90 Å². The zero-order chi connectivity index (χ0) is 26.5. The van der Waals surface area contributed by atoms with Crippen LogP contribution in [0.25, 0.3) is 10.8 Å². The van der Waals surface area contributed by atoms with Gasteiger partial charge in [-0.25, -0.2) is 0 Å². The lowest BCUT2D eigenvalue weighted by atomic mass is 9.93. The molecule has 0 saturated carbocycles. The molecule has 0 atom stereocenters. The molecule has 0 bridgehead atoms. The van der Waals surface area contributed by atoms with Crippen LogP contribution in [0.15, 0.2) is 79.1 Å². The molecule has 0 spiro atoms. The van der Waals surface area contributed by atoms with Crippen molar-refractivity contribution in [3.05, 3.63) is 102 Å². The van der Waals surface area contributed by atoms with Crippen LogP contribution in [0.4, 0.5) is 5.69 Å². The van der Waals surface area contributed by atoms with Crippen LogP contribution >= 0.6 is 0 Å². The first-order valence-corrected chi connectivity index (χ1v) is 12.8. The molecule has 1 N–H and O–H groups in total. The van der Waals surface area contributed by atoms with Crippen LogP contribution in [0.5, 0.6) is 0 Å². The maximum atomic E-state index is 13.3. The van der Waals surface area contributed by atoms with E-state index in [4.69, 9.17) is 0 Å². The number of anilines is 1. The molecule has 5 rings (SSSR count). The number of carbonyl (C=O) groups excluding carboxylic acids is 3. The van der Waals surface area contributed by atoms with Crippen LogP contribution in [0.1, 0.15) is 51.9 Å². The minimum atomic E-state index is -0.290. The van der Waals surface area contributed by atoms with Crippen LogP contribution in [0, 0.1) is 0 Å². The Kier molecular flexibility index (Phi) is 7.51. The van der Waals surface area contributed by atoms with Crippen LogP contribution in [0.2, 0.25) is 0 Å². The number of nitrogens with one attached hydrogen (secondary N) is 1. The van der Waals surface area contributed by atoms with Crippen LogP contribution in [-0.2, 0) is 17.9 Å². The van der Waals surface area contributed by atoms with Crippen molar-refractivity contribution in [3.8, 4) is 0 Å². The van der Waals surface area contributed by atoms with Crippen molar-refractivity contribution in [3.63, 3.8) is 0 Å². The van der Waals surface area contributed by atoms with Gasteiger partial charge in [0.15, 0.2) is 0 Å². The monoisotopic (exact) mass is 507 g/mol. The number of imide groups is 1. The Morgan fingerprint density at radius 3 is 2.11 bits per heavy atom. The normalized spacial score (nSPS) is 12.8. The number of amides is 3. The van der Waals surface area contributed by atoms with E-state index in [9.17, 15) is 14.4 Å². The maximum Gasteiger partial charge on any atom is 0.261 e. The Morgan fingerprint density at radius 2 is 1.50 bits per heavy atom. The molecule has 0 saturated heterocycles. The number of hydrogen-bond acceptors (Lipinski definition) is 6. The molecular weight excluding hydrogens is 478 g/mol. The fraction of sp³-hybridized carbons (Fsp3) is 0.233. The maximum absolute atomic E-state index is 13.3. The molecule has 38 heavy (non-hydrogen) atoms. The molecule has 0 unspecified atom stereocenters. The van der Waals surface area contributed by atoms with Crippen LogP contribution in [-0.4, -0.2) is 50.6 Å². The SMILES string of the molecule is CCCCN1C(=O)c2cccc3c(NC(=O)CN(Cc4ccccn4)Cc4ccccn4)ccc(c23)C1=O. The second-order valence-corrected chi connectivity index (χ2v) is 9.34. The van der Waals surface area contributed by atoms with Crippen molar-refractivity contribution in [2.24, 2.45) is 0 Å². The van der Waals surface area contributed by atoms with E-state index in [2.05, 4.69) is 15.3 Å². The third kappa shape index (κ3) is 5.31. The Balaban J connectivity index is 1.39. The Morgan fingerprint density at radius 1 is 0.842 bits per heavy atom. The highest BCUT2D eigenvalue weighted by molar-refractivity contribution is 6.27. The number of carbonyl (C=O) groups is 3. The summed E-state index contributed by atoms with van der Waals surface area (Å²) in [6.45, 7) is 3.48. The number of rotatable bonds is 10. The summed E-state index contributed by atoms with van der Waals surface area (Å²) in [5.41, 5.74) is 3.23. The summed E-state index contributed by atoms with van der Waals surface area (Å²) in [5, 5.41) is 4.27. The van der Waals surface area contributed by atoms with Gasteiger partial charge in [-0.15, -0.1) is 0 Å². The number of aromatic nitrogens is 2. The van der Waals surface area contributed by atoms with Crippen LogP contribution < -0.4 is 5.32 Å². The lowest BCUT2D eigenvalue weighted by Gasteiger charge is -2.28. The molecule has 2 aromatic carbocycles. The molecule has 3 amide bonds. The molecule has 8 heteroatoms. The highest BCUT2D eigenvalue weighted by atomic mass is 16.2. The lowest BCUT2D eigenvalue weighted by molar-refractivity contribution is -0.117. The molecule has 0 aliphatic carbocycles. The van der Waals surface area contributed by atoms with E-state index in [0.717, 1.165) is 24.2 Å². The van der Waals surface area contributed by atoms with E-state index in [0.29, 0.717) is 47.2 Å². The minimum absolute atomic E-state index is 0.110. The van der Waals surface area contributed by atoms with Gasteiger partial charge in [0.25, 0.3) is 11.8 Å². The summed E-state index contributed by atoms with van der Waals surface area (Å²) in [6.07, 6.45) is 5.10. The first kappa shape index (κ1) is 25.2. The Bertz CT molecular complexity index is 1410. The topological polar surface area (TPSA) is 95.5 Å². The Labute approximate surface area is 221 Å². The van der Waals surface area contributed by atoms with E-state index in [1.807, 2.05) is 54.3 Å². The predicted octanol–water partition coefficient (Wildman–Crippen LogP) is 4.67. The third-order valence-corrected chi connectivity index (χ3v) is 6.59. The van der Waals surface area contributed by atoms with Gasteiger partial charge in [0.05, 0.1) is 17.9 Å². The lowest BCUT2D eigenvalue weighted by Crippen LogP contribution is -2.40. The van der Waals surface area contributed by atoms with Crippen molar-refractivity contribution in [1.29, 1.82) is 0 Å². The Hall–Kier alpha value is -4.43. The largest absolute Gasteiger partial charge is 0.324 e. The fourth-order valence-corrected chi connectivity index (χ4v) is 4.78. The molecule has 192 valence electrons. The van der Waals surface area contributed by atoms with Gasteiger partial charge in [-0.2, -0.15) is 0 Å². The quantitative estimate of drug-likeness (QED) is 0.314. The molecular formula is C30H29N5O3. The second-order valence-electron chi connectivity index (χ2n) is 9.34. The molecule has 3 heterocycles. The van der Waals surface area contributed by atoms with Crippen molar-refractivity contribution in [1.82, 2.24) is 19.8 Å². The predicted molar refractivity (Wildman–Crippen MR) is 145 cm³/mol. The summed E-state index contributed by atoms with van der Waals surface area (Å²) in [4.78, 5) is 51.7. The van der Waals surface area contributed by atoms with Crippen molar-refractivity contribution in [2.75, 3.05) is 18.4 Å². The molecule has 2 aromatic heterocycles. The van der Waals surface area contributed by atoms with Crippen molar-refractivity contribution < 1.29 is 14.4 Å². The second kappa shape index (κ2) is 11.3. The molecule has 4 aromatic rings. The molecule has 1 aliphatic heterocycles. The zero-order valence-electron chi connectivity index (χ0n) is 21.3. The van der Waals surface area contributed by atoms with E-state index in [-0.39, 0.29) is 24.3 Å². The number of unbranched alkanes of at least 4 members (excludes halogenated alkanes) is 1. The molecule has 8 nitrogen and oxygen atoms in total. The van der Waals surface area contributed by atoms with E-state index in [1.54, 1.807) is 36.7 Å². The number of benzene rings is 2. The van der Waals surface area contributed by atoms with Crippen molar-refractivity contribution in [2.45, 2.75) is 32.9 Å². The van der Waals surface area contributed by atoms with Gasteiger partial charge in [-0.3, -0.25) is 34.2 Å². The van der Waals surface area contributed by atoms with Gasteiger partial charge < -0.3 is 5.32 Å². The fourth-order valence-electron chi connectivity index (χ4n) is 4.78. The average molecular weight is 508 g/mol. The zero-order valence-corrected chi connectivity index (χ0v) is 21.3. The summed E-state index contributed by atoms with van der Waals surface area (Å²) < 4.78 is 0. The summed E-state index contributed by atoms with van der Waals surface area (Å²) >= 11 is 0. The van der Waals surface area contributed by atoms with Crippen LogP contribution in [0.3, 0.4) is 0 Å². The smallest absolute Gasteiger partial charge is 0.261 e. The van der Waals surface area contributed by atoms with E-state index < -0.39 is 0 Å². The van der Waals surface area contributed by atoms with E-state index >= 15 is 0 Å². The number of nitrogens with zero attached hydrogens (tertiary/aromatic N) is 4. The van der Waals surface area contributed by atoms with Crippen molar-refractivity contribution >= 4 is 34.2 Å². The molecule has 0 radical (unpaired) electrons.